The maximum Gasteiger partial charge on any atom is 0.317 e. The first-order valence-corrected chi connectivity index (χ1v) is 7.73. The van der Waals surface area contributed by atoms with Crippen LogP contribution in [0, 0.1) is 0 Å². The van der Waals surface area contributed by atoms with E-state index in [2.05, 4.69) is 5.32 Å². The molecule has 0 spiro atoms. The minimum absolute atomic E-state index is 0.0715. The van der Waals surface area contributed by atoms with Gasteiger partial charge in [0.2, 0.25) is 10.0 Å². The van der Waals surface area contributed by atoms with Crippen LogP contribution in [0.1, 0.15) is 20.3 Å². The summed E-state index contributed by atoms with van der Waals surface area (Å²) < 4.78 is 24.0. The molecule has 1 N–H and O–H groups in total. The Morgan fingerprint density at radius 3 is 2.41 bits per heavy atom. The van der Waals surface area contributed by atoms with Crippen LogP contribution in [0.15, 0.2) is 0 Å². The van der Waals surface area contributed by atoms with Crippen LogP contribution in [-0.4, -0.2) is 62.1 Å². The van der Waals surface area contributed by atoms with Crippen LogP contribution in [0.3, 0.4) is 0 Å². The predicted octanol–water partition coefficient (Wildman–Crippen LogP) is 0.0717. The molecule has 100 valence electrons. The fraction of sp³-hybridized carbons (Fsp3) is 0.900. The van der Waals surface area contributed by atoms with Crippen LogP contribution >= 0.6 is 0 Å². The van der Waals surface area contributed by atoms with Crippen molar-refractivity contribution in [1.29, 1.82) is 0 Å². The number of nitrogens with zero attached hydrogens (tertiary/aromatic N) is 2. The second kappa shape index (κ2) is 5.68. The number of urea groups is 1. The third-order valence-electron chi connectivity index (χ3n) is 3.00. The molecule has 1 aliphatic heterocycles. The zero-order chi connectivity index (χ0) is 13.1. The Bertz CT molecular complexity index is 365. The molecule has 6 nitrogen and oxygen atoms in total. The van der Waals surface area contributed by atoms with Gasteiger partial charge in [0.1, 0.15) is 0 Å². The molecule has 17 heavy (non-hydrogen) atoms. The molecule has 1 aliphatic rings. The van der Waals surface area contributed by atoms with Crippen LogP contribution in [0.25, 0.3) is 0 Å². The highest BCUT2D eigenvalue weighted by atomic mass is 32.2. The van der Waals surface area contributed by atoms with Crippen molar-refractivity contribution < 1.29 is 13.2 Å². The van der Waals surface area contributed by atoms with E-state index in [9.17, 15) is 13.2 Å². The summed E-state index contributed by atoms with van der Waals surface area (Å²) in [6.45, 7) is 6.02. The smallest absolute Gasteiger partial charge is 0.317 e. The van der Waals surface area contributed by atoms with E-state index >= 15 is 0 Å². The second-order valence-corrected chi connectivity index (χ2v) is 6.21. The Morgan fingerprint density at radius 2 is 2.00 bits per heavy atom. The number of sulfonamides is 1. The van der Waals surface area contributed by atoms with E-state index in [1.54, 1.807) is 4.90 Å². The fourth-order valence-electron chi connectivity index (χ4n) is 1.92. The van der Waals surface area contributed by atoms with E-state index in [0.29, 0.717) is 32.6 Å². The van der Waals surface area contributed by atoms with Gasteiger partial charge in [-0.15, -0.1) is 0 Å². The van der Waals surface area contributed by atoms with E-state index in [0.717, 1.165) is 0 Å². The van der Waals surface area contributed by atoms with Crippen molar-refractivity contribution in [3.05, 3.63) is 0 Å². The molecule has 1 heterocycles. The topological polar surface area (TPSA) is 69.7 Å². The van der Waals surface area contributed by atoms with Crippen molar-refractivity contribution in [2.45, 2.75) is 26.3 Å². The highest BCUT2D eigenvalue weighted by Crippen LogP contribution is 2.12. The summed E-state index contributed by atoms with van der Waals surface area (Å²) in [6.07, 6.45) is 1.88. The summed E-state index contributed by atoms with van der Waals surface area (Å²) in [6, 6.07) is -0.187. The van der Waals surface area contributed by atoms with Gasteiger partial charge in [-0.05, 0) is 20.3 Å². The molecule has 0 bridgehead atoms. The highest BCUT2D eigenvalue weighted by molar-refractivity contribution is 7.88. The van der Waals surface area contributed by atoms with Crippen LogP contribution in [0.2, 0.25) is 0 Å². The molecule has 1 unspecified atom stereocenters. The van der Waals surface area contributed by atoms with Crippen molar-refractivity contribution in [2.75, 3.05) is 32.4 Å². The normalized spacial score (nSPS) is 21.5. The molecule has 1 fully saturated rings. The molecule has 0 aromatic carbocycles. The fourth-order valence-corrected chi connectivity index (χ4v) is 2.81. The quantitative estimate of drug-likeness (QED) is 0.780. The van der Waals surface area contributed by atoms with Crippen molar-refractivity contribution in [2.24, 2.45) is 0 Å². The number of amides is 2. The van der Waals surface area contributed by atoms with Gasteiger partial charge < -0.3 is 10.2 Å². The van der Waals surface area contributed by atoms with E-state index in [1.807, 2.05) is 13.8 Å². The molecular formula is C10H21N3O3S. The number of carbonyl (C=O) groups is 1. The maximum atomic E-state index is 11.8. The van der Waals surface area contributed by atoms with Crippen LogP contribution < -0.4 is 5.32 Å². The summed E-state index contributed by atoms with van der Waals surface area (Å²) >= 11 is 0. The van der Waals surface area contributed by atoms with E-state index < -0.39 is 10.0 Å². The minimum atomic E-state index is -3.13. The number of hydrogen-bond donors (Lipinski definition) is 1. The third-order valence-corrected chi connectivity index (χ3v) is 4.27. The summed E-state index contributed by atoms with van der Waals surface area (Å²) in [7, 11) is -3.13. The summed E-state index contributed by atoms with van der Waals surface area (Å²) in [5.41, 5.74) is 0. The minimum Gasteiger partial charge on any atom is -0.334 e. The Labute approximate surface area is 103 Å². The maximum absolute atomic E-state index is 11.8. The zero-order valence-corrected chi connectivity index (χ0v) is 11.5. The number of hydrogen-bond acceptors (Lipinski definition) is 3. The summed E-state index contributed by atoms with van der Waals surface area (Å²) in [5.74, 6) is 0. The zero-order valence-electron chi connectivity index (χ0n) is 10.6. The van der Waals surface area contributed by atoms with E-state index in [4.69, 9.17) is 0 Å². The van der Waals surface area contributed by atoms with Gasteiger partial charge in [-0.3, -0.25) is 0 Å². The lowest BCUT2D eigenvalue weighted by atomic mass is 10.3. The van der Waals surface area contributed by atoms with Gasteiger partial charge >= 0.3 is 6.03 Å². The third kappa shape index (κ3) is 3.85. The number of rotatable bonds is 4. The molecule has 1 saturated heterocycles. The lowest BCUT2D eigenvalue weighted by molar-refractivity contribution is 0.199. The van der Waals surface area contributed by atoms with E-state index in [1.165, 1.54) is 10.6 Å². The molecule has 2 amide bonds. The number of carbonyl (C=O) groups excluding carboxylic acids is 1. The van der Waals surface area contributed by atoms with E-state index in [-0.39, 0.29) is 12.1 Å². The van der Waals surface area contributed by atoms with Crippen LogP contribution in [0.4, 0.5) is 4.79 Å². The van der Waals surface area contributed by atoms with Crippen LogP contribution in [0.5, 0.6) is 0 Å². The number of nitrogens with one attached hydrogen (secondary N) is 1. The Balaban J connectivity index is 2.48. The molecule has 0 aromatic heterocycles. The highest BCUT2D eigenvalue weighted by Gasteiger charge is 2.29. The summed E-state index contributed by atoms with van der Waals surface area (Å²) in [4.78, 5) is 13.4. The van der Waals surface area contributed by atoms with Gasteiger partial charge in [0.05, 0.1) is 6.26 Å². The Hall–Kier alpha value is -0.820. The average molecular weight is 263 g/mol. The first kappa shape index (κ1) is 14.2. The van der Waals surface area contributed by atoms with Gasteiger partial charge in [-0.1, -0.05) is 0 Å². The Morgan fingerprint density at radius 1 is 1.41 bits per heavy atom. The lowest BCUT2D eigenvalue weighted by Gasteiger charge is -2.22. The predicted molar refractivity (Wildman–Crippen MR) is 66.3 cm³/mol. The molecule has 0 radical (unpaired) electrons. The van der Waals surface area contributed by atoms with Gasteiger partial charge in [0, 0.05) is 32.2 Å². The molecule has 7 heteroatoms. The molecule has 0 aromatic rings. The molecule has 0 saturated carbocycles. The lowest BCUT2D eigenvalue weighted by Crippen LogP contribution is -2.45. The molecule has 0 aliphatic carbocycles. The second-order valence-electron chi connectivity index (χ2n) is 4.23. The monoisotopic (exact) mass is 263 g/mol. The van der Waals surface area contributed by atoms with Gasteiger partial charge in [0.15, 0.2) is 0 Å². The van der Waals surface area contributed by atoms with Crippen molar-refractivity contribution in [3.63, 3.8) is 0 Å². The first-order chi connectivity index (χ1) is 7.88. The van der Waals surface area contributed by atoms with Crippen molar-refractivity contribution >= 4 is 16.1 Å². The largest absolute Gasteiger partial charge is 0.334 e. The molecular weight excluding hydrogens is 242 g/mol. The van der Waals surface area contributed by atoms with Crippen molar-refractivity contribution in [1.82, 2.24) is 14.5 Å². The Kier molecular flexibility index (Phi) is 4.76. The first-order valence-electron chi connectivity index (χ1n) is 5.89. The van der Waals surface area contributed by atoms with Gasteiger partial charge in [-0.2, -0.15) is 0 Å². The molecule has 1 atom stereocenters. The van der Waals surface area contributed by atoms with Crippen molar-refractivity contribution in [3.8, 4) is 0 Å². The molecule has 1 rings (SSSR count). The standard InChI is InChI=1S/C10H21N3O3S/c1-4-12(5-2)10(14)11-9-6-7-13(8-9)17(3,15)16/h9H,4-8H2,1-3H3,(H,11,14). The average Bonchev–Trinajstić information content (AvgIpc) is 2.67. The SMILES string of the molecule is CCN(CC)C(=O)NC1CCN(S(C)(=O)=O)C1. The van der Waals surface area contributed by atoms with Crippen LogP contribution in [-0.2, 0) is 10.0 Å². The van der Waals surface area contributed by atoms with Gasteiger partial charge in [-0.25, -0.2) is 17.5 Å². The summed E-state index contributed by atoms with van der Waals surface area (Å²) in [5, 5.41) is 2.86. The van der Waals surface area contributed by atoms with Gasteiger partial charge in [0.25, 0.3) is 0 Å².